The largest absolute Gasteiger partial charge is 0.376 e. The molecule has 2 heterocycles. The zero-order chi connectivity index (χ0) is 14.0. The Hall–Kier alpha value is -1.45. The number of aromatic nitrogens is 2. The average molecular weight is 289 g/mol. The molecule has 19 heavy (non-hydrogen) atoms. The Morgan fingerprint density at radius 2 is 2.16 bits per heavy atom. The number of aromatic amines is 1. The molecule has 1 aromatic rings. The molecule has 1 unspecified atom stereocenters. The summed E-state index contributed by atoms with van der Waals surface area (Å²) in [5.41, 5.74) is -1.68. The van der Waals surface area contributed by atoms with E-state index in [1.54, 1.807) is 0 Å². The van der Waals surface area contributed by atoms with Crippen molar-refractivity contribution in [3.05, 3.63) is 27.0 Å². The van der Waals surface area contributed by atoms with Crippen molar-refractivity contribution in [1.29, 1.82) is 0 Å². The van der Waals surface area contributed by atoms with Crippen LogP contribution in [0.4, 0.5) is 0 Å². The standard InChI is InChI=1S/C10H15N3O5S/c11-19(16,17)8-6-13(10(15)12-9(8)14)5-7-3-1-2-4-18-7/h6-7H,1-5H2,(H2,11,16,17)(H,12,14,15). The van der Waals surface area contributed by atoms with Gasteiger partial charge in [-0.1, -0.05) is 0 Å². The molecule has 106 valence electrons. The van der Waals surface area contributed by atoms with Crippen molar-refractivity contribution >= 4 is 10.0 Å². The highest BCUT2D eigenvalue weighted by Crippen LogP contribution is 2.13. The van der Waals surface area contributed by atoms with E-state index in [1.165, 1.54) is 0 Å². The molecule has 0 amide bonds. The lowest BCUT2D eigenvalue weighted by atomic mass is 10.1. The number of nitrogens with zero attached hydrogens (tertiary/aromatic N) is 1. The van der Waals surface area contributed by atoms with E-state index in [0.29, 0.717) is 6.61 Å². The van der Waals surface area contributed by atoms with Gasteiger partial charge in [-0.3, -0.25) is 14.3 Å². The second-order valence-electron chi connectivity index (χ2n) is 4.44. The van der Waals surface area contributed by atoms with Crippen LogP contribution < -0.4 is 16.4 Å². The Kier molecular flexibility index (Phi) is 3.88. The molecule has 0 saturated carbocycles. The number of hydrogen-bond acceptors (Lipinski definition) is 5. The van der Waals surface area contributed by atoms with Gasteiger partial charge in [0.25, 0.3) is 5.56 Å². The van der Waals surface area contributed by atoms with Crippen LogP contribution in [0.3, 0.4) is 0 Å². The fraction of sp³-hybridized carbons (Fsp3) is 0.600. The lowest BCUT2D eigenvalue weighted by Gasteiger charge is -2.23. The third-order valence-corrected chi connectivity index (χ3v) is 3.86. The highest BCUT2D eigenvalue weighted by molar-refractivity contribution is 7.89. The van der Waals surface area contributed by atoms with Gasteiger partial charge in [0.1, 0.15) is 0 Å². The van der Waals surface area contributed by atoms with Crippen LogP contribution in [0.15, 0.2) is 20.7 Å². The average Bonchev–Trinajstić information content (AvgIpc) is 2.32. The summed E-state index contributed by atoms with van der Waals surface area (Å²) >= 11 is 0. The Morgan fingerprint density at radius 3 is 2.74 bits per heavy atom. The molecule has 0 bridgehead atoms. The van der Waals surface area contributed by atoms with Crippen molar-refractivity contribution in [2.75, 3.05) is 6.61 Å². The highest BCUT2D eigenvalue weighted by Gasteiger charge is 2.19. The topological polar surface area (TPSA) is 124 Å². The van der Waals surface area contributed by atoms with Gasteiger partial charge in [0.05, 0.1) is 12.6 Å². The molecule has 3 N–H and O–H groups in total. The number of sulfonamides is 1. The molecule has 1 atom stereocenters. The smallest absolute Gasteiger partial charge is 0.328 e. The summed E-state index contributed by atoms with van der Waals surface area (Å²) in [6.45, 7) is 0.808. The van der Waals surface area contributed by atoms with Gasteiger partial charge in [-0.05, 0) is 19.3 Å². The van der Waals surface area contributed by atoms with Crippen LogP contribution in [0.25, 0.3) is 0 Å². The van der Waals surface area contributed by atoms with Gasteiger partial charge in [-0.15, -0.1) is 0 Å². The van der Waals surface area contributed by atoms with Gasteiger partial charge in [-0.2, -0.15) is 0 Å². The lowest BCUT2D eigenvalue weighted by molar-refractivity contribution is 0.00505. The normalized spacial score (nSPS) is 20.4. The minimum Gasteiger partial charge on any atom is -0.376 e. The molecule has 1 saturated heterocycles. The molecule has 8 nitrogen and oxygen atoms in total. The van der Waals surface area contributed by atoms with Crippen LogP contribution in [-0.4, -0.2) is 30.7 Å². The van der Waals surface area contributed by atoms with E-state index in [-0.39, 0.29) is 12.6 Å². The summed E-state index contributed by atoms with van der Waals surface area (Å²) in [6.07, 6.45) is 3.56. The molecular weight excluding hydrogens is 274 g/mol. The van der Waals surface area contributed by atoms with Gasteiger partial charge < -0.3 is 4.74 Å². The van der Waals surface area contributed by atoms with E-state index in [9.17, 15) is 18.0 Å². The molecule has 1 aliphatic heterocycles. The van der Waals surface area contributed by atoms with Crippen molar-refractivity contribution in [3.63, 3.8) is 0 Å². The van der Waals surface area contributed by atoms with E-state index < -0.39 is 26.2 Å². The van der Waals surface area contributed by atoms with E-state index >= 15 is 0 Å². The van der Waals surface area contributed by atoms with Crippen LogP contribution in [0.2, 0.25) is 0 Å². The van der Waals surface area contributed by atoms with Crippen LogP contribution in [0.1, 0.15) is 19.3 Å². The molecule has 1 aromatic heterocycles. The molecule has 9 heteroatoms. The second kappa shape index (κ2) is 5.27. The number of nitrogens with one attached hydrogen (secondary N) is 1. The highest BCUT2D eigenvalue weighted by atomic mass is 32.2. The Labute approximate surface area is 109 Å². The van der Waals surface area contributed by atoms with Gasteiger partial charge in [-0.25, -0.2) is 18.4 Å². The van der Waals surface area contributed by atoms with Gasteiger partial charge in [0.15, 0.2) is 4.90 Å². The van der Waals surface area contributed by atoms with Crippen LogP contribution in [0, 0.1) is 0 Å². The Morgan fingerprint density at radius 1 is 1.42 bits per heavy atom. The first-order valence-electron chi connectivity index (χ1n) is 5.86. The van der Waals surface area contributed by atoms with Crippen LogP contribution in [-0.2, 0) is 21.3 Å². The van der Waals surface area contributed by atoms with Crippen molar-refractivity contribution in [3.8, 4) is 0 Å². The first-order valence-corrected chi connectivity index (χ1v) is 7.41. The third kappa shape index (κ3) is 3.31. The van der Waals surface area contributed by atoms with Crippen molar-refractivity contribution < 1.29 is 13.2 Å². The zero-order valence-corrected chi connectivity index (χ0v) is 11.0. The SMILES string of the molecule is NS(=O)(=O)c1cn(CC2CCCCO2)c(=O)[nH]c1=O. The molecule has 0 aliphatic carbocycles. The number of nitrogens with two attached hydrogens (primary N) is 1. The number of H-pyrrole nitrogens is 1. The fourth-order valence-electron chi connectivity index (χ4n) is 2.00. The maximum atomic E-state index is 11.6. The molecule has 1 fully saturated rings. The van der Waals surface area contributed by atoms with E-state index in [4.69, 9.17) is 9.88 Å². The fourth-order valence-corrected chi connectivity index (χ4v) is 2.58. The predicted octanol–water partition coefficient (Wildman–Crippen LogP) is -1.25. The monoisotopic (exact) mass is 289 g/mol. The van der Waals surface area contributed by atoms with Crippen molar-refractivity contribution in [1.82, 2.24) is 9.55 Å². The van der Waals surface area contributed by atoms with E-state index in [0.717, 1.165) is 30.0 Å². The second-order valence-corrected chi connectivity index (χ2v) is 5.97. The predicted molar refractivity (Wildman–Crippen MR) is 66.3 cm³/mol. The molecular formula is C10H15N3O5S. The molecule has 0 aromatic carbocycles. The first-order chi connectivity index (χ1) is 8.88. The van der Waals surface area contributed by atoms with Crippen molar-refractivity contribution in [2.45, 2.75) is 36.8 Å². The van der Waals surface area contributed by atoms with Crippen molar-refractivity contribution in [2.24, 2.45) is 5.14 Å². The van der Waals surface area contributed by atoms with Crippen LogP contribution in [0.5, 0.6) is 0 Å². The maximum absolute atomic E-state index is 11.6. The number of primary sulfonamides is 1. The molecule has 1 aliphatic rings. The summed E-state index contributed by atoms with van der Waals surface area (Å²) < 4.78 is 29.0. The maximum Gasteiger partial charge on any atom is 0.328 e. The van der Waals surface area contributed by atoms with Gasteiger partial charge in [0, 0.05) is 12.8 Å². The summed E-state index contributed by atoms with van der Waals surface area (Å²) in [7, 11) is -4.16. The Balaban J connectivity index is 2.35. The minimum absolute atomic E-state index is 0.161. The zero-order valence-electron chi connectivity index (χ0n) is 10.2. The van der Waals surface area contributed by atoms with Gasteiger partial charge in [0.2, 0.25) is 10.0 Å². The third-order valence-electron chi connectivity index (χ3n) is 2.96. The van der Waals surface area contributed by atoms with Gasteiger partial charge >= 0.3 is 5.69 Å². The first kappa shape index (κ1) is 14.0. The quantitative estimate of drug-likeness (QED) is 0.719. The summed E-state index contributed by atoms with van der Waals surface area (Å²) in [6, 6.07) is 0. The minimum atomic E-state index is -4.16. The Bertz CT molecular complexity index is 669. The summed E-state index contributed by atoms with van der Waals surface area (Å²) in [4.78, 5) is 24.3. The molecule has 0 spiro atoms. The number of rotatable bonds is 3. The summed E-state index contributed by atoms with van der Waals surface area (Å²) in [5, 5.41) is 4.92. The van der Waals surface area contributed by atoms with E-state index in [1.807, 2.05) is 4.98 Å². The summed E-state index contributed by atoms with van der Waals surface area (Å²) in [5.74, 6) is 0. The molecule has 0 radical (unpaired) electrons. The lowest BCUT2D eigenvalue weighted by Crippen LogP contribution is -2.37. The number of hydrogen-bond donors (Lipinski definition) is 2. The number of ether oxygens (including phenoxy) is 1. The van der Waals surface area contributed by atoms with E-state index in [2.05, 4.69) is 0 Å². The molecule has 2 rings (SSSR count). The van der Waals surface area contributed by atoms with Crippen LogP contribution >= 0.6 is 0 Å².